The molecule has 0 amide bonds. The highest BCUT2D eigenvalue weighted by molar-refractivity contribution is 6.18. The van der Waals surface area contributed by atoms with Gasteiger partial charge in [0.1, 0.15) is 0 Å². The Morgan fingerprint density at radius 1 is 1.29 bits per heavy atom. The molecule has 0 saturated carbocycles. The number of aliphatic hydroxyl groups excluding tert-OH is 1. The molecule has 1 aliphatic heterocycles. The van der Waals surface area contributed by atoms with Gasteiger partial charge in [-0.05, 0) is 25.0 Å². The quantitative estimate of drug-likeness (QED) is 0.792. The van der Waals surface area contributed by atoms with E-state index >= 15 is 0 Å². The maximum atomic E-state index is 9.47. The van der Waals surface area contributed by atoms with Crippen molar-refractivity contribution in [2.75, 3.05) is 35.7 Å². The fraction of sp³-hybridized carbons (Fsp3) is 0.538. The van der Waals surface area contributed by atoms with Crippen molar-refractivity contribution in [1.82, 2.24) is 0 Å². The summed E-state index contributed by atoms with van der Waals surface area (Å²) >= 11 is 5.58. The number of para-hydroxylation sites is 2. The first-order valence-corrected chi connectivity index (χ1v) is 6.66. The second-order valence-electron chi connectivity index (χ2n) is 4.40. The van der Waals surface area contributed by atoms with Crippen molar-refractivity contribution in [2.45, 2.75) is 18.9 Å². The summed E-state index contributed by atoms with van der Waals surface area (Å²) in [7, 11) is 0. The number of hydrogen-bond acceptors (Lipinski definition) is 3. The summed E-state index contributed by atoms with van der Waals surface area (Å²) in [5, 5.41) is 12.7. The highest BCUT2D eigenvalue weighted by atomic mass is 35.5. The molecule has 4 heteroatoms. The molecule has 0 aliphatic carbocycles. The average molecular weight is 255 g/mol. The molecule has 2 rings (SSSR count). The van der Waals surface area contributed by atoms with E-state index in [1.807, 2.05) is 6.07 Å². The minimum Gasteiger partial charge on any atom is -0.390 e. The van der Waals surface area contributed by atoms with Crippen LogP contribution in [0.1, 0.15) is 12.8 Å². The van der Waals surface area contributed by atoms with E-state index in [1.165, 1.54) is 18.5 Å². The molecular formula is C13H19ClN2O. The summed E-state index contributed by atoms with van der Waals surface area (Å²) in [6, 6.07) is 8.24. The van der Waals surface area contributed by atoms with Crippen LogP contribution in [0.3, 0.4) is 0 Å². The van der Waals surface area contributed by atoms with Gasteiger partial charge in [0.2, 0.25) is 0 Å². The molecule has 1 atom stereocenters. The predicted octanol–water partition coefficient (Wildman–Crippen LogP) is 2.30. The molecule has 17 heavy (non-hydrogen) atoms. The molecular weight excluding hydrogens is 236 g/mol. The van der Waals surface area contributed by atoms with Crippen molar-refractivity contribution >= 4 is 23.0 Å². The number of rotatable bonds is 5. The van der Waals surface area contributed by atoms with Gasteiger partial charge in [0.15, 0.2) is 0 Å². The number of aliphatic hydroxyl groups is 1. The fourth-order valence-electron chi connectivity index (χ4n) is 2.14. The average Bonchev–Trinajstić information content (AvgIpc) is 2.90. The van der Waals surface area contributed by atoms with Crippen molar-refractivity contribution in [2.24, 2.45) is 0 Å². The van der Waals surface area contributed by atoms with Gasteiger partial charge in [-0.3, -0.25) is 0 Å². The van der Waals surface area contributed by atoms with Crippen LogP contribution in [-0.2, 0) is 0 Å². The van der Waals surface area contributed by atoms with Gasteiger partial charge < -0.3 is 15.3 Å². The summed E-state index contributed by atoms with van der Waals surface area (Å²) in [6.45, 7) is 2.74. The minimum atomic E-state index is -0.497. The summed E-state index contributed by atoms with van der Waals surface area (Å²) in [5.41, 5.74) is 2.31. The molecule has 1 saturated heterocycles. The van der Waals surface area contributed by atoms with E-state index in [-0.39, 0.29) is 5.88 Å². The van der Waals surface area contributed by atoms with Gasteiger partial charge in [-0.1, -0.05) is 12.1 Å². The fourth-order valence-corrected chi connectivity index (χ4v) is 2.25. The Morgan fingerprint density at radius 3 is 2.71 bits per heavy atom. The van der Waals surface area contributed by atoms with E-state index in [1.54, 1.807) is 0 Å². The lowest BCUT2D eigenvalue weighted by molar-refractivity contribution is 0.211. The monoisotopic (exact) mass is 254 g/mol. The molecule has 1 aromatic rings. The van der Waals surface area contributed by atoms with Crippen molar-refractivity contribution in [1.29, 1.82) is 0 Å². The SMILES string of the molecule is OC(CCl)CNc1ccccc1N1CCCC1. The van der Waals surface area contributed by atoms with Crippen LogP contribution in [0, 0.1) is 0 Å². The van der Waals surface area contributed by atoms with Gasteiger partial charge in [0, 0.05) is 19.6 Å². The number of hydrogen-bond donors (Lipinski definition) is 2. The predicted molar refractivity (Wildman–Crippen MR) is 73.1 cm³/mol. The Bertz CT molecular complexity index is 353. The maximum Gasteiger partial charge on any atom is 0.0847 e. The number of nitrogens with one attached hydrogen (secondary N) is 1. The van der Waals surface area contributed by atoms with Crippen LogP contribution in [0.25, 0.3) is 0 Å². The zero-order chi connectivity index (χ0) is 12.1. The van der Waals surface area contributed by atoms with Gasteiger partial charge in [-0.2, -0.15) is 0 Å². The Balaban J connectivity index is 2.04. The number of benzene rings is 1. The first-order valence-electron chi connectivity index (χ1n) is 6.13. The van der Waals surface area contributed by atoms with Gasteiger partial charge in [-0.25, -0.2) is 0 Å². The van der Waals surface area contributed by atoms with Gasteiger partial charge >= 0.3 is 0 Å². The topological polar surface area (TPSA) is 35.5 Å². The normalized spacial score (nSPS) is 17.2. The lowest BCUT2D eigenvalue weighted by Crippen LogP contribution is -2.23. The van der Waals surface area contributed by atoms with Crippen LogP contribution in [0.4, 0.5) is 11.4 Å². The van der Waals surface area contributed by atoms with E-state index in [0.717, 1.165) is 18.8 Å². The molecule has 3 nitrogen and oxygen atoms in total. The first-order chi connectivity index (χ1) is 8.31. The Labute approximate surface area is 107 Å². The summed E-state index contributed by atoms with van der Waals surface area (Å²) in [6.07, 6.45) is 2.03. The first kappa shape index (κ1) is 12.5. The molecule has 0 bridgehead atoms. The third-order valence-corrected chi connectivity index (χ3v) is 3.41. The molecule has 2 N–H and O–H groups in total. The second-order valence-corrected chi connectivity index (χ2v) is 4.71. The van der Waals surface area contributed by atoms with Crippen LogP contribution in [0.5, 0.6) is 0 Å². The van der Waals surface area contributed by atoms with Crippen LogP contribution < -0.4 is 10.2 Å². The number of anilines is 2. The molecule has 1 aliphatic rings. The molecule has 94 valence electrons. The van der Waals surface area contributed by atoms with E-state index in [9.17, 15) is 5.11 Å². The van der Waals surface area contributed by atoms with Crippen molar-refractivity contribution in [3.05, 3.63) is 24.3 Å². The summed E-state index contributed by atoms with van der Waals surface area (Å²) in [5.74, 6) is 0.263. The zero-order valence-electron chi connectivity index (χ0n) is 9.90. The van der Waals surface area contributed by atoms with E-state index < -0.39 is 6.10 Å². The molecule has 1 fully saturated rings. The van der Waals surface area contributed by atoms with E-state index in [0.29, 0.717) is 6.54 Å². The van der Waals surface area contributed by atoms with Gasteiger partial charge in [-0.15, -0.1) is 11.6 Å². The van der Waals surface area contributed by atoms with E-state index in [4.69, 9.17) is 11.6 Å². The molecule has 1 heterocycles. The van der Waals surface area contributed by atoms with Crippen molar-refractivity contribution in [3.8, 4) is 0 Å². The zero-order valence-corrected chi connectivity index (χ0v) is 10.7. The van der Waals surface area contributed by atoms with E-state index in [2.05, 4.69) is 28.4 Å². The highest BCUT2D eigenvalue weighted by Crippen LogP contribution is 2.28. The number of nitrogens with zero attached hydrogens (tertiary/aromatic N) is 1. The lowest BCUT2D eigenvalue weighted by atomic mass is 10.2. The summed E-state index contributed by atoms with van der Waals surface area (Å²) in [4.78, 5) is 2.38. The Morgan fingerprint density at radius 2 is 2.00 bits per heavy atom. The third-order valence-electron chi connectivity index (χ3n) is 3.06. The lowest BCUT2D eigenvalue weighted by Gasteiger charge is -2.22. The second kappa shape index (κ2) is 6.12. The highest BCUT2D eigenvalue weighted by Gasteiger charge is 2.15. The largest absolute Gasteiger partial charge is 0.390 e. The molecule has 0 aromatic heterocycles. The Hall–Kier alpha value is -0.930. The van der Waals surface area contributed by atoms with Crippen LogP contribution in [-0.4, -0.2) is 36.7 Å². The smallest absolute Gasteiger partial charge is 0.0847 e. The van der Waals surface area contributed by atoms with Crippen LogP contribution >= 0.6 is 11.6 Å². The molecule has 1 aromatic carbocycles. The van der Waals surface area contributed by atoms with Crippen molar-refractivity contribution in [3.63, 3.8) is 0 Å². The van der Waals surface area contributed by atoms with Gasteiger partial charge in [0.05, 0.1) is 23.4 Å². The standard InChI is InChI=1S/C13H19ClN2O/c14-9-11(17)10-15-12-5-1-2-6-13(12)16-7-3-4-8-16/h1-2,5-6,11,15,17H,3-4,7-10H2. The molecule has 0 spiro atoms. The third kappa shape index (κ3) is 3.27. The number of halogens is 1. The van der Waals surface area contributed by atoms with Crippen LogP contribution in [0.2, 0.25) is 0 Å². The number of alkyl halides is 1. The molecule has 0 radical (unpaired) electrons. The summed E-state index contributed by atoms with van der Waals surface area (Å²) < 4.78 is 0. The van der Waals surface area contributed by atoms with Gasteiger partial charge in [0.25, 0.3) is 0 Å². The maximum absolute atomic E-state index is 9.47. The van der Waals surface area contributed by atoms with Crippen LogP contribution in [0.15, 0.2) is 24.3 Å². The Kier molecular flexibility index (Phi) is 4.51. The van der Waals surface area contributed by atoms with Crippen molar-refractivity contribution < 1.29 is 5.11 Å². The minimum absolute atomic E-state index is 0.263. The molecule has 1 unspecified atom stereocenters.